The lowest BCUT2D eigenvalue weighted by Gasteiger charge is -2.31. The zero-order chi connectivity index (χ0) is 16.7. The summed E-state index contributed by atoms with van der Waals surface area (Å²) in [6.45, 7) is 3.00. The molecule has 1 N–H and O–H groups in total. The van der Waals surface area contributed by atoms with Crippen LogP contribution in [0.3, 0.4) is 0 Å². The topological polar surface area (TPSA) is 66.5 Å². The number of allylic oxidation sites excluding steroid dienone is 3. The maximum absolute atomic E-state index is 12.3. The number of hydrogen-bond acceptors (Lipinski definition) is 3. The smallest absolute Gasteiger partial charge is 0.246 e. The van der Waals surface area contributed by atoms with E-state index in [1.807, 2.05) is 13.0 Å². The van der Waals surface area contributed by atoms with E-state index >= 15 is 0 Å². The molecule has 1 aliphatic rings. The van der Waals surface area contributed by atoms with E-state index in [0.717, 1.165) is 0 Å². The molecule has 23 heavy (non-hydrogen) atoms. The predicted octanol–water partition coefficient (Wildman–Crippen LogP) is 2.09. The Morgan fingerprint density at radius 3 is 2.43 bits per heavy atom. The molecule has 0 atom stereocenters. The number of sulfonamides is 1. The van der Waals surface area contributed by atoms with Crippen molar-refractivity contribution in [1.82, 2.24) is 9.62 Å². The first kappa shape index (κ1) is 17.4. The average molecular weight is 334 g/mol. The first-order valence-electron chi connectivity index (χ1n) is 7.68. The maximum atomic E-state index is 12.3. The molecule has 1 aliphatic heterocycles. The molecule has 0 aliphatic carbocycles. The fraction of sp³-hybridized carbons (Fsp3) is 0.353. The van der Waals surface area contributed by atoms with Gasteiger partial charge in [0, 0.05) is 25.2 Å². The van der Waals surface area contributed by atoms with Gasteiger partial charge in [0.2, 0.25) is 15.9 Å². The van der Waals surface area contributed by atoms with Gasteiger partial charge in [-0.15, -0.1) is 0 Å². The molecule has 0 aromatic heterocycles. The van der Waals surface area contributed by atoms with Crippen LogP contribution in [0.5, 0.6) is 0 Å². The lowest BCUT2D eigenvalue weighted by atomic mass is 10.1. The van der Waals surface area contributed by atoms with Crippen molar-refractivity contribution in [3.63, 3.8) is 0 Å². The second-order valence-corrected chi connectivity index (χ2v) is 7.13. The number of amides is 1. The molecular weight excluding hydrogens is 312 g/mol. The highest BCUT2D eigenvalue weighted by Crippen LogP contribution is 2.15. The van der Waals surface area contributed by atoms with Crippen molar-refractivity contribution in [2.75, 3.05) is 13.1 Å². The Balaban J connectivity index is 1.89. The standard InChI is InChI=1S/C17H22N2O3S/c1-2-3-5-10-17(20)19-13-11-15(12-14-19)18-23(21,22)16-8-6-4-7-9-16/h2-10,15,18H,11-14H2,1H3/b3-2+,10-5+. The summed E-state index contributed by atoms with van der Waals surface area (Å²) < 4.78 is 27.3. The van der Waals surface area contributed by atoms with Gasteiger partial charge >= 0.3 is 0 Å². The van der Waals surface area contributed by atoms with Crippen LogP contribution in [0.1, 0.15) is 19.8 Å². The zero-order valence-electron chi connectivity index (χ0n) is 13.2. The van der Waals surface area contributed by atoms with E-state index in [4.69, 9.17) is 0 Å². The highest BCUT2D eigenvalue weighted by Gasteiger charge is 2.25. The first-order chi connectivity index (χ1) is 11.0. The molecule has 0 saturated carbocycles. The monoisotopic (exact) mass is 334 g/mol. The van der Waals surface area contributed by atoms with E-state index in [1.165, 1.54) is 6.08 Å². The third kappa shape index (κ3) is 5.04. The summed E-state index contributed by atoms with van der Waals surface area (Å²) in [4.78, 5) is 14.0. The lowest BCUT2D eigenvalue weighted by Crippen LogP contribution is -2.46. The normalized spacial score (nSPS) is 17.2. The van der Waals surface area contributed by atoms with Crippen LogP contribution in [0.25, 0.3) is 0 Å². The number of piperidine rings is 1. The van der Waals surface area contributed by atoms with E-state index in [9.17, 15) is 13.2 Å². The second-order valence-electron chi connectivity index (χ2n) is 5.42. The summed E-state index contributed by atoms with van der Waals surface area (Å²) in [6, 6.07) is 8.20. The molecule has 1 aromatic rings. The number of nitrogens with one attached hydrogen (secondary N) is 1. The number of nitrogens with zero attached hydrogens (tertiary/aromatic N) is 1. The highest BCUT2D eigenvalue weighted by molar-refractivity contribution is 7.89. The Labute approximate surface area is 137 Å². The van der Waals surface area contributed by atoms with E-state index in [1.54, 1.807) is 47.4 Å². The SMILES string of the molecule is C/C=C/C=C/C(=O)N1CCC(NS(=O)(=O)c2ccccc2)CC1. The molecule has 1 heterocycles. The molecule has 1 aromatic carbocycles. The van der Waals surface area contributed by atoms with Crippen molar-refractivity contribution in [2.45, 2.75) is 30.7 Å². The van der Waals surface area contributed by atoms with Crippen LogP contribution in [-0.4, -0.2) is 38.4 Å². The molecule has 1 fully saturated rings. The second kappa shape index (κ2) is 8.08. The highest BCUT2D eigenvalue weighted by atomic mass is 32.2. The number of likely N-dealkylation sites (tertiary alicyclic amines) is 1. The van der Waals surface area contributed by atoms with Gasteiger partial charge in [-0.3, -0.25) is 4.79 Å². The minimum Gasteiger partial charge on any atom is -0.339 e. The van der Waals surface area contributed by atoms with Gasteiger partial charge in [0.05, 0.1) is 4.90 Å². The molecular formula is C17H22N2O3S. The number of carbonyl (C=O) groups excluding carboxylic acids is 1. The van der Waals surface area contributed by atoms with Crippen LogP contribution < -0.4 is 4.72 Å². The third-order valence-electron chi connectivity index (χ3n) is 3.72. The Morgan fingerprint density at radius 2 is 1.83 bits per heavy atom. The Morgan fingerprint density at radius 1 is 1.17 bits per heavy atom. The Bertz CT molecular complexity index is 673. The molecule has 5 nitrogen and oxygen atoms in total. The maximum Gasteiger partial charge on any atom is 0.246 e. The van der Waals surface area contributed by atoms with Crippen molar-refractivity contribution < 1.29 is 13.2 Å². The number of benzene rings is 1. The molecule has 0 unspecified atom stereocenters. The number of hydrogen-bond donors (Lipinski definition) is 1. The summed E-state index contributed by atoms with van der Waals surface area (Å²) in [5.41, 5.74) is 0. The van der Waals surface area contributed by atoms with Crippen molar-refractivity contribution >= 4 is 15.9 Å². The van der Waals surface area contributed by atoms with E-state index in [2.05, 4.69) is 4.72 Å². The van der Waals surface area contributed by atoms with Crippen molar-refractivity contribution in [1.29, 1.82) is 0 Å². The first-order valence-corrected chi connectivity index (χ1v) is 9.17. The minimum atomic E-state index is -3.49. The average Bonchev–Trinajstić information content (AvgIpc) is 2.56. The molecule has 1 amide bonds. The van der Waals surface area contributed by atoms with Gasteiger partial charge in [0.1, 0.15) is 0 Å². The van der Waals surface area contributed by atoms with Gasteiger partial charge in [0.15, 0.2) is 0 Å². The van der Waals surface area contributed by atoms with E-state index in [0.29, 0.717) is 25.9 Å². The van der Waals surface area contributed by atoms with Gasteiger partial charge in [-0.25, -0.2) is 13.1 Å². The van der Waals surface area contributed by atoms with Crippen LogP contribution >= 0.6 is 0 Å². The van der Waals surface area contributed by atoms with Crippen molar-refractivity contribution in [2.24, 2.45) is 0 Å². The van der Waals surface area contributed by atoms with Crippen LogP contribution in [0, 0.1) is 0 Å². The summed E-state index contributed by atoms with van der Waals surface area (Å²) in [7, 11) is -3.49. The largest absolute Gasteiger partial charge is 0.339 e. The van der Waals surface area contributed by atoms with Crippen LogP contribution in [0.2, 0.25) is 0 Å². The number of rotatable bonds is 5. The quantitative estimate of drug-likeness (QED) is 0.662. The van der Waals surface area contributed by atoms with Gasteiger partial charge in [-0.2, -0.15) is 0 Å². The molecule has 0 radical (unpaired) electrons. The molecule has 0 bridgehead atoms. The van der Waals surface area contributed by atoms with Crippen molar-refractivity contribution in [3.8, 4) is 0 Å². The summed E-state index contributed by atoms with van der Waals surface area (Å²) in [6.07, 6.45) is 8.15. The van der Waals surface area contributed by atoms with Gasteiger partial charge in [-0.1, -0.05) is 36.4 Å². The predicted molar refractivity (Wildman–Crippen MR) is 90.3 cm³/mol. The molecule has 0 spiro atoms. The van der Waals surface area contributed by atoms with Gasteiger partial charge in [-0.05, 0) is 31.9 Å². The van der Waals surface area contributed by atoms with Crippen LogP contribution in [-0.2, 0) is 14.8 Å². The number of carbonyl (C=O) groups is 1. The van der Waals surface area contributed by atoms with Gasteiger partial charge < -0.3 is 4.90 Å². The summed E-state index contributed by atoms with van der Waals surface area (Å²) >= 11 is 0. The van der Waals surface area contributed by atoms with Crippen LogP contribution in [0.4, 0.5) is 0 Å². The minimum absolute atomic E-state index is 0.0348. The van der Waals surface area contributed by atoms with Gasteiger partial charge in [0.25, 0.3) is 0 Å². The molecule has 2 rings (SSSR count). The molecule has 124 valence electrons. The van der Waals surface area contributed by atoms with E-state index < -0.39 is 10.0 Å². The van der Waals surface area contributed by atoms with E-state index in [-0.39, 0.29) is 16.8 Å². The summed E-state index contributed by atoms with van der Waals surface area (Å²) in [5.74, 6) is -0.0348. The fourth-order valence-electron chi connectivity index (χ4n) is 2.46. The summed E-state index contributed by atoms with van der Waals surface area (Å²) in [5, 5.41) is 0. The lowest BCUT2D eigenvalue weighted by molar-refractivity contribution is -0.127. The third-order valence-corrected chi connectivity index (χ3v) is 5.26. The van der Waals surface area contributed by atoms with Crippen LogP contribution in [0.15, 0.2) is 59.5 Å². The molecule has 6 heteroatoms. The fourth-order valence-corrected chi connectivity index (χ4v) is 3.79. The zero-order valence-corrected chi connectivity index (χ0v) is 14.0. The Kier molecular flexibility index (Phi) is 6.12. The van der Waals surface area contributed by atoms with Crippen molar-refractivity contribution in [3.05, 3.63) is 54.6 Å². The Hall–Kier alpha value is -1.92. The molecule has 1 saturated heterocycles.